The summed E-state index contributed by atoms with van der Waals surface area (Å²) in [5, 5.41) is 0. The summed E-state index contributed by atoms with van der Waals surface area (Å²) >= 11 is 1.92. The summed E-state index contributed by atoms with van der Waals surface area (Å²) in [5.74, 6) is 3.84. The molecule has 0 unspecified atom stereocenters. The Morgan fingerprint density at radius 3 is 2.90 bits per heavy atom. The molecule has 1 aliphatic rings. The van der Waals surface area contributed by atoms with Crippen molar-refractivity contribution in [1.82, 2.24) is 14.5 Å². The average molecular weight is 304 g/mol. The van der Waals surface area contributed by atoms with Crippen LogP contribution in [-0.4, -0.2) is 26.5 Å². The zero-order valence-corrected chi connectivity index (χ0v) is 13.7. The van der Waals surface area contributed by atoms with E-state index >= 15 is 0 Å². The summed E-state index contributed by atoms with van der Waals surface area (Å²) in [4.78, 5) is 9.09. The lowest BCUT2D eigenvalue weighted by molar-refractivity contribution is 0.604. The van der Waals surface area contributed by atoms with Crippen LogP contribution in [0.5, 0.6) is 0 Å². The molecule has 21 heavy (non-hydrogen) atoms. The SMILES string of the molecule is CSCCCCn1c(CC2CC2)nc2c(N)ncc(C)c21. The average Bonchev–Trinajstić information content (AvgIpc) is 3.20. The fourth-order valence-electron chi connectivity index (χ4n) is 2.86. The highest BCUT2D eigenvalue weighted by Crippen LogP contribution is 2.34. The summed E-state index contributed by atoms with van der Waals surface area (Å²) in [6.45, 7) is 3.15. The first-order chi connectivity index (χ1) is 10.2. The van der Waals surface area contributed by atoms with Crippen LogP contribution in [0.1, 0.15) is 37.1 Å². The lowest BCUT2D eigenvalue weighted by Crippen LogP contribution is -2.06. The predicted octanol–water partition coefficient (Wildman–Crippen LogP) is 3.42. The third kappa shape index (κ3) is 3.18. The van der Waals surface area contributed by atoms with Crippen molar-refractivity contribution < 1.29 is 0 Å². The van der Waals surface area contributed by atoms with E-state index < -0.39 is 0 Å². The van der Waals surface area contributed by atoms with Crippen LogP contribution >= 0.6 is 11.8 Å². The fourth-order valence-corrected chi connectivity index (χ4v) is 3.35. The molecule has 1 aliphatic carbocycles. The van der Waals surface area contributed by atoms with Crippen LogP contribution < -0.4 is 5.73 Å². The molecule has 0 spiro atoms. The molecule has 0 atom stereocenters. The van der Waals surface area contributed by atoms with E-state index in [2.05, 4.69) is 22.7 Å². The maximum atomic E-state index is 6.04. The lowest BCUT2D eigenvalue weighted by Gasteiger charge is -2.10. The molecule has 0 aromatic carbocycles. The number of nitrogens with two attached hydrogens (primary N) is 1. The first-order valence-corrected chi connectivity index (χ1v) is 9.19. The van der Waals surface area contributed by atoms with Gasteiger partial charge in [-0.2, -0.15) is 11.8 Å². The van der Waals surface area contributed by atoms with E-state index in [1.54, 1.807) is 0 Å². The molecule has 0 aliphatic heterocycles. The largest absolute Gasteiger partial charge is 0.382 e. The number of aryl methyl sites for hydroxylation is 2. The van der Waals surface area contributed by atoms with Crippen molar-refractivity contribution in [2.75, 3.05) is 17.7 Å². The minimum atomic E-state index is 0.565. The Bertz CT molecular complexity index is 631. The number of rotatable bonds is 7. The van der Waals surface area contributed by atoms with E-state index in [1.807, 2.05) is 18.0 Å². The van der Waals surface area contributed by atoms with Crippen LogP contribution in [0.3, 0.4) is 0 Å². The number of imidazole rings is 1. The summed E-state index contributed by atoms with van der Waals surface area (Å²) in [5.41, 5.74) is 9.31. The van der Waals surface area contributed by atoms with Crippen molar-refractivity contribution in [1.29, 1.82) is 0 Å². The van der Waals surface area contributed by atoms with Gasteiger partial charge in [-0.05, 0) is 56.1 Å². The molecule has 1 fully saturated rings. The van der Waals surface area contributed by atoms with Crippen LogP contribution in [0.4, 0.5) is 5.82 Å². The van der Waals surface area contributed by atoms with Gasteiger partial charge in [-0.15, -0.1) is 0 Å². The molecule has 2 N–H and O–H groups in total. The quantitative estimate of drug-likeness (QED) is 0.796. The van der Waals surface area contributed by atoms with Crippen molar-refractivity contribution in [2.24, 2.45) is 5.92 Å². The Kier molecular flexibility index (Phi) is 4.38. The Morgan fingerprint density at radius 1 is 1.38 bits per heavy atom. The second-order valence-electron chi connectivity index (χ2n) is 6.05. The maximum absolute atomic E-state index is 6.04. The molecule has 0 amide bonds. The molecular weight excluding hydrogens is 280 g/mol. The summed E-state index contributed by atoms with van der Waals surface area (Å²) in [6, 6.07) is 0. The number of fused-ring (bicyclic) bond motifs is 1. The highest BCUT2D eigenvalue weighted by Gasteiger charge is 2.25. The van der Waals surface area contributed by atoms with Crippen LogP contribution in [0.15, 0.2) is 6.20 Å². The van der Waals surface area contributed by atoms with E-state index in [0.717, 1.165) is 24.4 Å². The van der Waals surface area contributed by atoms with Gasteiger partial charge in [0.25, 0.3) is 0 Å². The molecule has 0 radical (unpaired) electrons. The van der Waals surface area contributed by atoms with E-state index in [-0.39, 0.29) is 0 Å². The molecule has 2 aromatic rings. The number of aromatic nitrogens is 3. The zero-order valence-electron chi connectivity index (χ0n) is 12.9. The normalized spacial score (nSPS) is 15.0. The standard InChI is InChI=1S/C16H24N4S/c1-11-10-18-16(17)14-15(11)20(7-3-4-8-21-2)13(19-14)9-12-5-6-12/h10,12H,3-9H2,1-2H3,(H2,17,18). The second-order valence-corrected chi connectivity index (χ2v) is 7.04. The molecule has 2 aromatic heterocycles. The van der Waals surface area contributed by atoms with Gasteiger partial charge in [-0.1, -0.05) is 0 Å². The van der Waals surface area contributed by atoms with Crippen LogP contribution in [0, 0.1) is 12.8 Å². The molecule has 1 saturated carbocycles. The van der Waals surface area contributed by atoms with Gasteiger partial charge in [0.15, 0.2) is 5.82 Å². The van der Waals surface area contributed by atoms with Crippen LogP contribution in [0.2, 0.25) is 0 Å². The van der Waals surface area contributed by atoms with Crippen LogP contribution in [0.25, 0.3) is 11.0 Å². The summed E-state index contributed by atoms with van der Waals surface area (Å²) in [6.07, 6.45) is 10.3. The molecule has 4 nitrogen and oxygen atoms in total. The molecular formula is C16H24N4S. The third-order valence-corrected chi connectivity index (χ3v) is 4.91. The maximum Gasteiger partial charge on any atom is 0.151 e. The van der Waals surface area contributed by atoms with Crippen molar-refractivity contribution in [3.8, 4) is 0 Å². The highest BCUT2D eigenvalue weighted by atomic mass is 32.2. The Hall–Kier alpha value is -1.23. The van der Waals surface area contributed by atoms with E-state index in [0.29, 0.717) is 5.82 Å². The molecule has 5 heteroatoms. The van der Waals surface area contributed by atoms with Gasteiger partial charge in [-0.3, -0.25) is 0 Å². The zero-order chi connectivity index (χ0) is 14.8. The Labute approximate surface area is 130 Å². The molecule has 114 valence electrons. The van der Waals surface area contributed by atoms with E-state index in [9.17, 15) is 0 Å². The summed E-state index contributed by atoms with van der Waals surface area (Å²) < 4.78 is 2.40. The molecule has 0 saturated heterocycles. The fraction of sp³-hybridized carbons (Fsp3) is 0.625. The first kappa shape index (κ1) is 14.7. The number of hydrogen-bond acceptors (Lipinski definition) is 4. The minimum absolute atomic E-state index is 0.565. The molecule has 3 rings (SSSR count). The van der Waals surface area contributed by atoms with Crippen LogP contribution in [-0.2, 0) is 13.0 Å². The molecule has 2 heterocycles. The van der Waals surface area contributed by atoms with Crippen molar-refractivity contribution in [3.05, 3.63) is 17.6 Å². The lowest BCUT2D eigenvalue weighted by atomic mass is 10.2. The number of nitrogens with zero attached hydrogens (tertiary/aromatic N) is 3. The number of pyridine rings is 1. The van der Waals surface area contributed by atoms with Crippen molar-refractivity contribution >= 4 is 28.6 Å². The first-order valence-electron chi connectivity index (χ1n) is 7.80. The van der Waals surface area contributed by atoms with Crippen molar-refractivity contribution in [2.45, 2.75) is 45.6 Å². The van der Waals surface area contributed by atoms with E-state index in [4.69, 9.17) is 10.7 Å². The third-order valence-electron chi connectivity index (χ3n) is 4.21. The Balaban J connectivity index is 1.93. The topological polar surface area (TPSA) is 56.7 Å². The van der Waals surface area contributed by atoms with Gasteiger partial charge in [-0.25, -0.2) is 9.97 Å². The number of anilines is 1. The Morgan fingerprint density at radius 2 is 2.19 bits per heavy atom. The van der Waals surface area contributed by atoms with Crippen molar-refractivity contribution in [3.63, 3.8) is 0 Å². The predicted molar refractivity (Wildman–Crippen MR) is 90.7 cm³/mol. The van der Waals surface area contributed by atoms with Gasteiger partial charge in [0.05, 0.1) is 5.52 Å². The summed E-state index contributed by atoms with van der Waals surface area (Å²) in [7, 11) is 0. The molecule has 0 bridgehead atoms. The minimum Gasteiger partial charge on any atom is -0.382 e. The van der Waals surface area contributed by atoms with Gasteiger partial charge in [0.2, 0.25) is 0 Å². The van der Waals surface area contributed by atoms with Gasteiger partial charge in [0, 0.05) is 19.2 Å². The van der Waals surface area contributed by atoms with E-state index in [1.165, 1.54) is 48.3 Å². The van der Waals surface area contributed by atoms with Gasteiger partial charge in [0.1, 0.15) is 11.3 Å². The number of nitrogen functional groups attached to an aromatic ring is 1. The number of hydrogen-bond donors (Lipinski definition) is 1. The van der Waals surface area contributed by atoms with Gasteiger partial charge < -0.3 is 10.3 Å². The highest BCUT2D eigenvalue weighted by molar-refractivity contribution is 7.98. The smallest absolute Gasteiger partial charge is 0.151 e. The monoisotopic (exact) mass is 304 g/mol. The second kappa shape index (κ2) is 6.26. The number of unbranched alkanes of at least 4 members (excludes halogenated alkanes) is 1. The van der Waals surface area contributed by atoms with Gasteiger partial charge >= 0.3 is 0 Å². The number of thioether (sulfide) groups is 1.